The van der Waals surface area contributed by atoms with Gasteiger partial charge in [0.1, 0.15) is 5.76 Å². The third kappa shape index (κ3) is 2.20. The van der Waals surface area contributed by atoms with Gasteiger partial charge in [-0.3, -0.25) is 0 Å². The third-order valence-corrected chi connectivity index (χ3v) is 3.19. The molecule has 0 N–H and O–H groups in total. The summed E-state index contributed by atoms with van der Waals surface area (Å²) in [5.41, 5.74) is 0. The number of allylic oxidation sites excluding steroid dienone is 3. The molecule has 0 bridgehead atoms. The molecule has 0 aliphatic heterocycles. The zero-order valence-corrected chi connectivity index (χ0v) is 8.91. The van der Waals surface area contributed by atoms with E-state index in [1.54, 1.807) is 7.11 Å². The van der Waals surface area contributed by atoms with Gasteiger partial charge in [-0.15, -0.1) is 0 Å². The molecule has 1 unspecified atom stereocenters. The molecule has 68 valence electrons. The summed E-state index contributed by atoms with van der Waals surface area (Å²) < 4.78 is 5.18. The molecule has 12 heavy (non-hydrogen) atoms. The van der Waals surface area contributed by atoms with Gasteiger partial charge in [0, 0.05) is 4.91 Å². The second-order valence-corrected chi connectivity index (χ2v) is 3.91. The monoisotopic (exact) mass is 204 g/mol. The molecule has 0 spiro atoms. The minimum Gasteiger partial charge on any atom is -0.496 e. The summed E-state index contributed by atoms with van der Waals surface area (Å²) in [6, 6.07) is 0. The van der Waals surface area contributed by atoms with Crippen LogP contribution in [0.1, 0.15) is 19.8 Å². The molecule has 0 radical (unpaired) electrons. The molecular formula is C9H13ClOS. The van der Waals surface area contributed by atoms with E-state index in [2.05, 4.69) is 13.0 Å². The van der Waals surface area contributed by atoms with Crippen molar-refractivity contribution < 1.29 is 4.74 Å². The first-order valence-corrected chi connectivity index (χ1v) is 5.70. The molecule has 3 heteroatoms. The molecule has 0 aromatic carbocycles. The average molecular weight is 205 g/mol. The van der Waals surface area contributed by atoms with Crippen LogP contribution in [0.3, 0.4) is 0 Å². The number of halogens is 1. The Kier molecular flexibility index (Phi) is 4.02. The van der Waals surface area contributed by atoms with Crippen LogP contribution < -0.4 is 0 Å². The van der Waals surface area contributed by atoms with E-state index in [9.17, 15) is 0 Å². The fourth-order valence-electron chi connectivity index (χ4n) is 1.26. The highest BCUT2D eigenvalue weighted by atomic mass is 35.7. The van der Waals surface area contributed by atoms with Gasteiger partial charge in [-0.05, 0) is 46.5 Å². The summed E-state index contributed by atoms with van der Waals surface area (Å²) in [4.78, 5) is 1.15. The second kappa shape index (κ2) is 4.83. The first kappa shape index (κ1) is 10.0. The van der Waals surface area contributed by atoms with Crippen LogP contribution in [0, 0.1) is 5.92 Å². The van der Waals surface area contributed by atoms with Crippen molar-refractivity contribution in [3.8, 4) is 0 Å². The van der Waals surface area contributed by atoms with Crippen LogP contribution in [-0.4, -0.2) is 7.11 Å². The predicted octanol–water partition coefficient (Wildman–Crippen LogP) is 3.72. The van der Waals surface area contributed by atoms with Crippen molar-refractivity contribution in [3.63, 3.8) is 0 Å². The maximum atomic E-state index is 5.72. The molecule has 0 saturated heterocycles. The zero-order chi connectivity index (χ0) is 8.97. The van der Waals surface area contributed by atoms with Crippen molar-refractivity contribution in [2.75, 3.05) is 7.11 Å². The summed E-state index contributed by atoms with van der Waals surface area (Å²) in [5, 5.41) is 0. The number of methoxy groups -OCH3 is 1. The molecule has 1 aliphatic rings. The lowest BCUT2D eigenvalue weighted by Gasteiger charge is -2.18. The van der Waals surface area contributed by atoms with Crippen LogP contribution in [0.15, 0.2) is 22.8 Å². The molecule has 0 aromatic heterocycles. The van der Waals surface area contributed by atoms with Gasteiger partial charge in [0.25, 0.3) is 0 Å². The number of hydrogen-bond acceptors (Lipinski definition) is 2. The first-order valence-electron chi connectivity index (χ1n) is 4.05. The Morgan fingerprint density at radius 2 is 2.50 bits per heavy atom. The van der Waals surface area contributed by atoms with Crippen LogP contribution in [0.25, 0.3) is 0 Å². The van der Waals surface area contributed by atoms with E-state index >= 15 is 0 Å². The molecule has 0 heterocycles. The lowest BCUT2D eigenvalue weighted by Crippen LogP contribution is -2.03. The number of ether oxygens (including phenoxy) is 1. The van der Waals surface area contributed by atoms with Crippen LogP contribution >= 0.6 is 21.7 Å². The predicted molar refractivity (Wildman–Crippen MR) is 55.0 cm³/mol. The van der Waals surface area contributed by atoms with Crippen molar-refractivity contribution >= 4 is 21.7 Å². The zero-order valence-electron chi connectivity index (χ0n) is 7.34. The van der Waals surface area contributed by atoms with Crippen molar-refractivity contribution in [2.45, 2.75) is 19.8 Å². The van der Waals surface area contributed by atoms with Gasteiger partial charge in [0.15, 0.2) is 0 Å². The van der Waals surface area contributed by atoms with Crippen molar-refractivity contribution in [1.29, 1.82) is 0 Å². The first-order chi connectivity index (χ1) is 5.81. The molecule has 0 amide bonds. The Labute approximate surface area is 82.3 Å². The van der Waals surface area contributed by atoms with Crippen LogP contribution in [0.2, 0.25) is 0 Å². The molecule has 1 rings (SSSR count). The van der Waals surface area contributed by atoms with Crippen molar-refractivity contribution in [2.24, 2.45) is 5.92 Å². The second-order valence-electron chi connectivity index (χ2n) is 2.80. The highest BCUT2D eigenvalue weighted by Gasteiger charge is 2.15. The summed E-state index contributed by atoms with van der Waals surface area (Å²) in [6.07, 6.45) is 6.39. The lowest BCUT2D eigenvalue weighted by atomic mass is 9.97. The topological polar surface area (TPSA) is 9.23 Å². The van der Waals surface area contributed by atoms with Gasteiger partial charge in [0.2, 0.25) is 0 Å². The van der Waals surface area contributed by atoms with Crippen LogP contribution in [-0.2, 0) is 4.74 Å². The van der Waals surface area contributed by atoms with E-state index in [-0.39, 0.29) is 0 Å². The van der Waals surface area contributed by atoms with Gasteiger partial charge < -0.3 is 4.74 Å². The summed E-state index contributed by atoms with van der Waals surface area (Å²) in [7, 11) is 8.67. The minimum absolute atomic E-state index is 0.630. The fraction of sp³-hybridized carbons (Fsp3) is 0.556. The third-order valence-electron chi connectivity index (χ3n) is 2.08. The van der Waals surface area contributed by atoms with E-state index < -0.39 is 0 Å². The van der Waals surface area contributed by atoms with Gasteiger partial charge in [-0.25, -0.2) is 0 Å². The molecule has 1 atom stereocenters. The normalized spacial score (nSPS) is 23.1. The Hall–Kier alpha value is -0.0800. The van der Waals surface area contributed by atoms with Gasteiger partial charge in [-0.1, -0.05) is 13.0 Å². The Morgan fingerprint density at radius 3 is 3.00 bits per heavy atom. The molecule has 0 aromatic rings. The summed E-state index contributed by atoms with van der Waals surface area (Å²) in [6.45, 7) is 2.18. The maximum Gasteiger partial charge on any atom is 0.129 e. The Bertz CT molecular complexity index is 211. The largest absolute Gasteiger partial charge is 0.496 e. The maximum absolute atomic E-state index is 5.72. The minimum atomic E-state index is 0.630. The number of hydrogen-bond donors (Lipinski definition) is 0. The van der Waals surface area contributed by atoms with Crippen molar-refractivity contribution in [1.82, 2.24) is 0 Å². The smallest absolute Gasteiger partial charge is 0.129 e. The highest BCUT2D eigenvalue weighted by Crippen LogP contribution is 2.35. The Balaban J connectivity index is 2.71. The standard InChI is InChI=1S/C9H13ClOS/c1-3-7-4-5-8(11-2)9(6-7)12-10/h4-5,7H,3,6H2,1-2H3. The van der Waals surface area contributed by atoms with E-state index in [1.807, 2.05) is 6.08 Å². The number of rotatable bonds is 3. The van der Waals surface area contributed by atoms with E-state index in [0.717, 1.165) is 23.5 Å². The highest BCUT2D eigenvalue weighted by molar-refractivity contribution is 8.24. The SMILES string of the molecule is CCC1C=CC(OC)=C(SCl)C1. The molecular weight excluding hydrogens is 192 g/mol. The van der Waals surface area contributed by atoms with Crippen LogP contribution in [0.4, 0.5) is 0 Å². The molecule has 1 aliphatic carbocycles. The van der Waals surface area contributed by atoms with Gasteiger partial charge >= 0.3 is 0 Å². The lowest BCUT2D eigenvalue weighted by molar-refractivity contribution is 0.299. The fourth-order valence-corrected chi connectivity index (χ4v) is 2.18. The molecule has 0 saturated carbocycles. The van der Waals surface area contributed by atoms with Gasteiger partial charge in [-0.2, -0.15) is 0 Å². The van der Waals surface area contributed by atoms with Crippen molar-refractivity contribution in [3.05, 3.63) is 22.8 Å². The van der Waals surface area contributed by atoms with E-state index in [1.165, 1.54) is 11.0 Å². The van der Waals surface area contributed by atoms with Gasteiger partial charge in [0.05, 0.1) is 7.11 Å². The average Bonchev–Trinajstić information content (AvgIpc) is 2.16. The molecule has 0 fully saturated rings. The summed E-state index contributed by atoms with van der Waals surface area (Å²) in [5.74, 6) is 1.55. The Morgan fingerprint density at radius 1 is 1.75 bits per heavy atom. The summed E-state index contributed by atoms with van der Waals surface area (Å²) >= 11 is 0. The van der Waals surface area contributed by atoms with Crippen LogP contribution in [0.5, 0.6) is 0 Å². The quantitative estimate of drug-likeness (QED) is 0.693. The van der Waals surface area contributed by atoms with E-state index in [0.29, 0.717) is 5.92 Å². The molecule has 1 nitrogen and oxygen atoms in total. The van der Waals surface area contributed by atoms with E-state index in [4.69, 9.17) is 15.4 Å².